The maximum Gasteiger partial charge on any atom is 0.340 e. The van der Waals surface area contributed by atoms with Crippen LogP contribution in [0.3, 0.4) is 0 Å². The third kappa shape index (κ3) is 3.16. The van der Waals surface area contributed by atoms with Crippen LogP contribution in [0.25, 0.3) is 0 Å². The largest absolute Gasteiger partial charge is 0.340 e. The van der Waals surface area contributed by atoms with Crippen molar-refractivity contribution in [2.45, 2.75) is 26.8 Å². The summed E-state index contributed by atoms with van der Waals surface area (Å²) in [5, 5.41) is 3.02. The maximum absolute atomic E-state index is 12.3. The molecule has 21 heavy (non-hydrogen) atoms. The van der Waals surface area contributed by atoms with Crippen LogP contribution >= 0.6 is 11.6 Å². The van der Waals surface area contributed by atoms with E-state index in [1.165, 1.54) is 6.07 Å². The summed E-state index contributed by atoms with van der Waals surface area (Å²) >= 11 is 5.95. The predicted octanol–water partition coefficient (Wildman–Crippen LogP) is 2.54. The van der Waals surface area contributed by atoms with Crippen molar-refractivity contribution in [1.29, 1.82) is 0 Å². The van der Waals surface area contributed by atoms with E-state index < -0.39 is 18.0 Å². The molecule has 1 aromatic rings. The summed E-state index contributed by atoms with van der Waals surface area (Å²) in [5.41, 5.74) is 1.19. The van der Waals surface area contributed by atoms with Gasteiger partial charge in [-0.15, -0.1) is 0 Å². The van der Waals surface area contributed by atoms with Gasteiger partial charge < -0.3 is 5.32 Å². The number of urea groups is 2. The minimum Gasteiger partial charge on any atom is -0.335 e. The standard InChI is InChI=1S/C14H16ClN3O3/c1-8(2)16-13(20)17-7-12(19)18(14(17)21)11-5-9(3)4-10(15)6-11/h4-6,8H,7H2,1-3H3,(H,16,20). The van der Waals surface area contributed by atoms with Crippen molar-refractivity contribution in [3.05, 3.63) is 28.8 Å². The average Bonchev–Trinajstić information content (AvgIpc) is 2.62. The van der Waals surface area contributed by atoms with Crippen LogP contribution in [0.5, 0.6) is 0 Å². The fourth-order valence-electron chi connectivity index (χ4n) is 2.09. The van der Waals surface area contributed by atoms with Gasteiger partial charge in [0.25, 0.3) is 5.91 Å². The summed E-state index contributed by atoms with van der Waals surface area (Å²) in [5.74, 6) is -0.458. The summed E-state index contributed by atoms with van der Waals surface area (Å²) in [6, 6.07) is 3.55. The number of nitrogens with zero attached hydrogens (tertiary/aromatic N) is 2. The van der Waals surface area contributed by atoms with Crippen LogP contribution in [0.4, 0.5) is 15.3 Å². The van der Waals surface area contributed by atoms with Gasteiger partial charge in [0, 0.05) is 11.1 Å². The number of benzene rings is 1. The maximum atomic E-state index is 12.3. The Kier molecular flexibility index (Phi) is 4.18. The number of nitrogens with one attached hydrogen (secondary N) is 1. The number of aryl methyl sites for hydroxylation is 1. The molecule has 0 spiro atoms. The predicted molar refractivity (Wildman–Crippen MR) is 79.4 cm³/mol. The number of imide groups is 2. The molecule has 1 N–H and O–H groups in total. The lowest BCUT2D eigenvalue weighted by Crippen LogP contribution is -2.45. The smallest absolute Gasteiger partial charge is 0.335 e. The number of hydrogen-bond donors (Lipinski definition) is 1. The highest BCUT2D eigenvalue weighted by Crippen LogP contribution is 2.26. The SMILES string of the molecule is Cc1cc(Cl)cc(N2C(=O)CN(C(=O)NC(C)C)C2=O)c1. The van der Waals surface area contributed by atoms with Gasteiger partial charge in [-0.3, -0.25) is 4.79 Å². The third-order valence-electron chi connectivity index (χ3n) is 2.91. The highest BCUT2D eigenvalue weighted by atomic mass is 35.5. The molecule has 1 aliphatic heterocycles. The number of carbonyl (C=O) groups is 3. The zero-order valence-corrected chi connectivity index (χ0v) is 12.8. The second kappa shape index (κ2) is 5.73. The molecule has 1 aliphatic rings. The van der Waals surface area contributed by atoms with Gasteiger partial charge in [-0.05, 0) is 44.5 Å². The summed E-state index contributed by atoms with van der Waals surface area (Å²) in [4.78, 5) is 38.1. The Bertz CT molecular complexity index is 595. The molecule has 1 fully saturated rings. The van der Waals surface area contributed by atoms with Crippen LogP contribution in [0.2, 0.25) is 5.02 Å². The molecule has 2 rings (SSSR count). The van der Waals surface area contributed by atoms with Crippen molar-refractivity contribution in [2.75, 3.05) is 11.4 Å². The number of carbonyl (C=O) groups excluding carboxylic acids is 3. The van der Waals surface area contributed by atoms with Crippen LogP contribution in [0.15, 0.2) is 18.2 Å². The first-order valence-corrected chi connectivity index (χ1v) is 6.89. The molecule has 0 bridgehead atoms. The normalized spacial score (nSPS) is 15.1. The minimum atomic E-state index is -0.667. The van der Waals surface area contributed by atoms with Crippen molar-refractivity contribution in [1.82, 2.24) is 10.2 Å². The van der Waals surface area contributed by atoms with Gasteiger partial charge in [-0.2, -0.15) is 0 Å². The number of halogens is 1. The van der Waals surface area contributed by atoms with Crippen molar-refractivity contribution in [3.8, 4) is 0 Å². The molecule has 0 atom stereocenters. The monoisotopic (exact) mass is 309 g/mol. The van der Waals surface area contributed by atoms with Gasteiger partial charge in [0.1, 0.15) is 6.54 Å². The van der Waals surface area contributed by atoms with Crippen molar-refractivity contribution < 1.29 is 14.4 Å². The van der Waals surface area contributed by atoms with Gasteiger partial charge in [-0.1, -0.05) is 11.6 Å². The average molecular weight is 310 g/mol. The molecular weight excluding hydrogens is 294 g/mol. The molecule has 0 unspecified atom stereocenters. The van der Waals surface area contributed by atoms with E-state index in [1.54, 1.807) is 26.0 Å². The van der Waals surface area contributed by atoms with E-state index in [1.807, 2.05) is 6.92 Å². The third-order valence-corrected chi connectivity index (χ3v) is 3.13. The van der Waals surface area contributed by atoms with E-state index in [2.05, 4.69) is 5.32 Å². The lowest BCUT2D eigenvalue weighted by Gasteiger charge is -2.18. The lowest BCUT2D eigenvalue weighted by atomic mass is 10.2. The van der Waals surface area contributed by atoms with Crippen LogP contribution in [-0.4, -0.2) is 35.5 Å². The van der Waals surface area contributed by atoms with Crippen LogP contribution in [0.1, 0.15) is 19.4 Å². The summed E-state index contributed by atoms with van der Waals surface area (Å²) in [6.07, 6.45) is 0. The first-order chi connectivity index (χ1) is 9.79. The Labute approximate surface area is 127 Å². The minimum absolute atomic E-state index is 0.122. The summed E-state index contributed by atoms with van der Waals surface area (Å²) in [6.45, 7) is 5.09. The van der Waals surface area contributed by atoms with Gasteiger partial charge in [-0.25, -0.2) is 19.4 Å². The highest BCUT2D eigenvalue weighted by molar-refractivity contribution is 6.31. The topological polar surface area (TPSA) is 69.7 Å². The fraction of sp³-hybridized carbons (Fsp3) is 0.357. The Balaban J connectivity index is 2.28. The van der Waals surface area contributed by atoms with E-state index in [0.29, 0.717) is 10.7 Å². The van der Waals surface area contributed by atoms with Gasteiger partial charge in [0.05, 0.1) is 5.69 Å². The van der Waals surface area contributed by atoms with Gasteiger partial charge in [0.2, 0.25) is 0 Å². The molecule has 0 aromatic heterocycles. The molecule has 1 aromatic carbocycles. The number of rotatable bonds is 2. The van der Waals surface area contributed by atoms with Crippen LogP contribution in [-0.2, 0) is 4.79 Å². The molecule has 5 amide bonds. The molecule has 7 heteroatoms. The Morgan fingerprint density at radius 3 is 2.52 bits per heavy atom. The van der Waals surface area contributed by atoms with E-state index in [9.17, 15) is 14.4 Å². The molecule has 112 valence electrons. The Morgan fingerprint density at radius 2 is 1.95 bits per heavy atom. The van der Waals surface area contributed by atoms with E-state index >= 15 is 0 Å². The van der Waals surface area contributed by atoms with Crippen LogP contribution in [0, 0.1) is 6.92 Å². The Morgan fingerprint density at radius 1 is 1.29 bits per heavy atom. The first kappa shape index (κ1) is 15.3. The molecule has 0 radical (unpaired) electrons. The second-order valence-corrected chi connectivity index (χ2v) is 5.63. The highest BCUT2D eigenvalue weighted by Gasteiger charge is 2.41. The van der Waals surface area contributed by atoms with Crippen molar-refractivity contribution in [3.63, 3.8) is 0 Å². The number of amides is 5. The second-order valence-electron chi connectivity index (χ2n) is 5.19. The lowest BCUT2D eigenvalue weighted by molar-refractivity contribution is -0.116. The molecule has 1 saturated heterocycles. The van der Waals surface area contributed by atoms with Crippen molar-refractivity contribution >= 4 is 35.3 Å². The van der Waals surface area contributed by atoms with Gasteiger partial charge >= 0.3 is 12.1 Å². The fourth-order valence-corrected chi connectivity index (χ4v) is 2.37. The van der Waals surface area contributed by atoms with E-state index in [4.69, 9.17) is 11.6 Å². The zero-order chi connectivity index (χ0) is 15.7. The van der Waals surface area contributed by atoms with Crippen LogP contribution < -0.4 is 10.2 Å². The van der Waals surface area contributed by atoms with Gasteiger partial charge in [0.15, 0.2) is 0 Å². The summed E-state index contributed by atoms with van der Waals surface area (Å²) < 4.78 is 0. The molecule has 6 nitrogen and oxygen atoms in total. The molecule has 0 aliphatic carbocycles. The number of anilines is 1. The van der Waals surface area contributed by atoms with Crippen molar-refractivity contribution in [2.24, 2.45) is 0 Å². The molecule has 1 heterocycles. The van der Waals surface area contributed by atoms with E-state index in [0.717, 1.165) is 15.4 Å². The summed E-state index contributed by atoms with van der Waals surface area (Å²) in [7, 11) is 0. The van der Waals surface area contributed by atoms with E-state index in [-0.39, 0.29) is 12.6 Å². The quantitative estimate of drug-likeness (QED) is 0.853. The Hall–Kier alpha value is -2.08. The number of hydrogen-bond acceptors (Lipinski definition) is 3. The zero-order valence-electron chi connectivity index (χ0n) is 12.0. The molecule has 0 saturated carbocycles. The first-order valence-electron chi connectivity index (χ1n) is 6.51. The molecular formula is C14H16ClN3O3.